The summed E-state index contributed by atoms with van der Waals surface area (Å²) in [5.74, 6) is 0.300. The summed E-state index contributed by atoms with van der Waals surface area (Å²) in [7, 11) is 0. The molecular formula is C58H60Cl4N12O2. The van der Waals surface area contributed by atoms with Crippen LogP contribution in [0.5, 0.6) is 0 Å². The minimum atomic E-state index is 0.150. The summed E-state index contributed by atoms with van der Waals surface area (Å²) < 4.78 is 0. The number of nitrogens with zero attached hydrogens (tertiary/aromatic N) is 12. The molecular weight excluding hydrogens is 1040 g/mol. The van der Waals surface area contributed by atoms with E-state index >= 15 is 0 Å². The maximum atomic E-state index is 14.3. The van der Waals surface area contributed by atoms with Crippen LogP contribution < -0.4 is 19.6 Å². The number of amides is 2. The summed E-state index contributed by atoms with van der Waals surface area (Å²) in [6.45, 7) is 12.8. The molecule has 0 spiro atoms. The Hall–Kier alpha value is -6.26. The molecule has 7 heterocycles. The summed E-state index contributed by atoms with van der Waals surface area (Å²) in [6, 6.07) is 31.7. The lowest BCUT2D eigenvalue weighted by molar-refractivity contribution is -0.132. The van der Waals surface area contributed by atoms with Crippen molar-refractivity contribution in [2.45, 2.75) is 12.8 Å². The van der Waals surface area contributed by atoms with Crippen LogP contribution in [0.15, 0.2) is 122 Å². The first-order valence-electron chi connectivity index (χ1n) is 26.3. The van der Waals surface area contributed by atoms with E-state index in [9.17, 15) is 9.59 Å². The first kappa shape index (κ1) is 51.8. The van der Waals surface area contributed by atoms with Crippen LogP contribution in [0.25, 0.3) is 43.6 Å². The number of anilines is 4. The van der Waals surface area contributed by atoms with Crippen molar-refractivity contribution in [2.75, 3.05) is 137 Å². The quantitative estimate of drug-likeness (QED) is 0.130. The second-order valence-electron chi connectivity index (χ2n) is 19.9. The van der Waals surface area contributed by atoms with Gasteiger partial charge in [-0.2, -0.15) is 0 Å². The largest absolute Gasteiger partial charge is 0.367 e. The normalized spacial score (nSPS) is 16.9. The lowest BCUT2D eigenvalue weighted by Gasteiger charge is -2.35. The van der Waals surface area contributed by atoms with Crippen molar-refractivity contribution < 1.29 is 9.59 Å². The third-order valence-electron chi connectivity index (χ3n) is 15.4. The van der Waals surface area contributed by atoms with E-state index in [1.54, 1.807) is 0 Å². The number of halogens is 4. The van der Waals surface area contributed by atoms with E-state index in [4.69, 9.17) is 46.4 Å². The van der Waals surface area contributed by atoms with Gasteiger partial charge in [-0.05, 0) is 97.1 Å². The van der Waals surface area contributed by atoms with Gasteiger partial charge in [-0.3, -0.25) is 29.5 Å². The summed E-state index contributed by atoms with van der Waals surface area (Å²) in [6.07, 6.45) is 8.21. The topological polar surface area (TPSA) is 112 Å². The molecule has 0 saturated carbocycles. The van der Waals surface area contributed by atoms with E-state index < -0.39 is 0 Å². The summed E-state index contributed by atoms with van der Waals surface area (Å²) in [4.78, 5) is 65.6. The molecule has 4 aromatic heterocycles. The zero-order valence-electron chi connectivity index (χ0n) is 42.4. The lowest BCUT2D eigenvalue weighted by Crippen LogP contribution is -2.49. The number of hydrogen-bond donors (Lipinski definition) is 0. The van der Waals surface area contributed by atoms with Gasteiger partial charge in [0.15, 0.2) is 0 Å². The van der Waals surface area contributed by atoms with Crippen molar-refractivity contribution in [3.63, 3.8) is 0 Å². The molecule has 392 valence electrons. The number of hydrogen-bond acceptors (Lipinski definition) is 12. The van der Waals surface area contributed by atoms with Crippen LogP contribution in [-0.4, -0.2) is 169 Å². The monoisotopic (exact) mass is 1100 g/mol. The first-order valence-corrected chi connectivity index (χ1v) is 27.8. The Morgan fingerprint density at radius 1 is 0.342 bits per heavy atom. The van der Waals surface area contributed by atoms with Gasteiger partial charge in [0.1, 0.15) is 0 Å². The van der Waals surface area contributed by atoms with Crippen molar-refractivity contribution in [1.82, 2.24) is 39.5 Å². The van der Waals surface area contributed by atoms with Gasteiger partial charge >= 0.3 is 0 Å². The van der Waals surface area contributed by atoms with E-state index in [0.29, 0.717) is 98.4 Å². The smallest absolute Gasteiger partial charge is 0.223 e. The Labute approximate surface area is 463 Å². The SMILES string of the molecule is O=C(CCN1CCN(CCC(=O)N2CCN(c3ccnc4cc(Cl)ccc34)CCN(c3ccnc4cc(Cl)ccc34)CC2)CC1)N1CCN(c2ccnc3cc(Cl)ccc23)CCN(c2ccnc3cc(Cl)ccc23)CC1. The van der Waals surface area contributed by atoms with Crippen molar-refractivity contribution >= 4 is 125 Å². The second-order valence-corrected chi connectivity index (χ2v) is 21.6. The molecule has 0 bridgehead atoms. The van der Waals surface area contributed by atoms with Crippen molar-refractivity contribution in [3.8, 4) is 0 Å². The second kappa shape index (κ2) is 23.5. The minimum absolute atomic E-state index is 0.150. The maximum absolute atomic E-state index is 14.3. The van der Waals surface area contributed by atoms with Gasteiger partial charge in [0, 0.05) is 220 Å². The Morgan fingerprint density at radius 3 is 0.855 bits per heavy atom. The highest BCUT2D eigenvalue weighted by Crippen LogP contribution is 2.33. The number of piperazine rings is 1. The molecule has 3 aliphatic rings. The van der Waals surface area contributed by atoms with Crippen molar-refractivity contribution in [3.05, 3.63) is 142 Å². The number of pyridine rings is 4. The highest BCUT2D eigenvalue weighted by atomic mass is 35.5. The molecule has 0 atom stereocenters. The highest BCUT2D eigenvalue weighted by molar-refractivity contribution is 6.32. The molecule has 11 rings (SSSR count). The van der Waals surface area contributed by atoms with Gasteiger partial charge in [0.05, 0.1) is 22.1 Å². The Bertz CT molecular complexity index is 2980. The molecule has 8 aromatic rings. The number of aromatic nitrogens is 4. The van der Waals surface area contributed by atoms with Gasteiger partial charge in [0.2, 0.25) is 11.8 Å². The fraction of sp³-hybridized carbons (Fsp3) is 0.345. The molecule has 4 aromatic carbocycles. The zero-order chi connectivity index (χ0) is 52.1. The zero-order valence-corrected chi connectivity index (χ0v) is 45.4. The number of carbonyl (C=O) groups excluding carboxylic acids is 2. The molecule has 14 nitrogen and oxygen atoms in total. The molecule has 0 radical (unpaired) electrons. The summed E-state index contributed by atoms with van der Waals surface area (Å²) in [5.41, 5.74) is 7.63. The number of carbonyl (C=O) groups is 2. The van der Waals surface area contributed by atoms with Gasteiger partial charge in [-0.25, -0.2) is 0 Å². The molecule has 3 fully saturated rings. The predicted octanol–water partition coefficient (Wildman–Crippen LogP) is 9.90. The molecule has 3 aliphatic heterocycles. The first-order chi connectivity index (χ1) is 37.1. The molecule has 0 unspecified atom stereocenters. The van der Waals surface area contributed by atoms with Gasteiger partial charge in [-0.15, -0.1) is 0 Å². The van der Waals surface area contributed by atoms with Crippen LogP contribution >= 0.6 is 46.4 Å². The maximum Gasteiger partial charge on any atom is 0.223 e. The third-order valence-corrected chi connectivity index (χ3v) is 16.3. The molecule has 2 amide bonds. The Kier molecular flexibility index (Phi) is 16.1. The van der Waals surface area contributed by atoms with Crippen LogP contribution in [0.4, 0.5) is 22.7 Å². The minimum Gasteiger partial charge on any atom is -0.367 e. The molecule has 0 N–H and O–H groups in total. The lowest BCUT2D eigenvalue weighted by atomic mass is 10.1. The van der Waals surface area contributed by atoms with Crippen molar-refractivity contribution in [2.24, 2.45) is 0 Å². The third kappa shape index (κ3) is 11.8. The van der Waals surface area contributed by atoms with Crippen molar-refractivity contribution in [1.29, 1.82) is 0 Å². The number of benzene rings is 4. The van der Waals surface area contributed by atoms with E-state index in [2.05, 4.69) is 73.6 Å². The number of rotatable bonds is 10. The molecule has 76 heavy (non-hydrogen) atoms. The van der Waals surface area contributed by atoms with Gasteiger partial charge in [0.25, 0.3) is 0 Å². The molecule has 3 saturated heterocycles. The van der Waals surface area contributed by atoms with Crippen LogP contribution in [-0.2, 0) is 9.59 Å². The molecule has 18 heteroatoms. The van der Waals surface area contributed by atoms with Crippen LogP contribution in [0.3, 0.4) is 0 Å². The fourth-order valence-corrected chi connectivity index (χ4v) is 11.8. The standard InChI is InChI=1S/C58H60Cl4N12O2/c59-41-1-5-45-49(37-41)63-15-9-53(45)69-25-26-70(54-10-16-64-50-38-42(60)2-6-46(50)54)30-34-73(33-29-69)57(75)13-19-67-21-23-68(24-22-67)20-14-58(76)74-35-31-71(55-11-17-65-51-39-43(61)3-7-47(51)55)27-28-72(32-36-74)56-12-18-66-52-40-44(62)4-8-48(52)56/h1-12,15-18,37-40H,13-14,19-36H2. The van der Waals surface area contributed by atoms with Gasteiger partial charge < -0.3 is 39.2 Å². The van der Waals surface area contributed by atoms with Crippen LogP contribution in [0, 0.1) is 0 Å². The van der Waals surface area contributed by atoms with Crippen LogP contribution in [0.2, 0.25) is 20.1 Å². The summed E-state index contributed by atoms with van der Waals surface area (Å²) >= 11 is 25.6. The van der Waals surface area contributed by atoms with E-state index in [-0.39, 0.29) is 11.8 Å². The Balaban J connectivity index is 0.727. The van der Waals surface area contributed by atoms with E-state index in [1.807, 2.05) is 107 Å². The fourth-order valence-electron chi connectivity index (χ4n) is 11.2. The van der Waals surface area contributed by atoms with Gasteiger partial charge in [-0.1, -0.05) is 46.4 Å². The van der Waals surface area contributed by atoms with E-state index in [0.717, 1.165) is 119 Å². The number of fused-ring (bicyclic) bond motifs is 4. The average molecular weight is 1100 g/mol. The van der Waals surface area contributed by atoms with Crippen LogP contribution in [0.1, 0.15) is 12.8 Å². The average Bonchev–Trinajstić information content (AvgIpc) is 3.62. The van der Waals surface area contributed by atoms with E-state index in [1.165, 1.54) is 0 Å². The Morgan fingerprint density at radius 2 is 0.592 bits per heavy atom. The highest BCUT2D eigenvalue weighted by Gasteiger charge is 2.27. The predicted molar refractivity (Wildman–Crippen MR) is 311 cm³/mol. The molecule has 0 aliphatic carbocycles. The summed E-state index contributed by atoms with van der Waals surface area (Å²) in [5, 5.41) is 6.69.